The van der Waals surface area contributed by atoms with Crippen molar-refractivity contribution in [1.82, 2.24) is 0 Å². The highest BCUT2D eigenvalue weighted by molar-refractivity contribution is 7.98. The number of carbonyl (C=O) groups is 1. The summed E-state index contributed by atoms with van der Waals surface area (Å²) in [6.07, 6.45) is 7.27. The molecule has 0 aromatic rings. The number of rotatable bonds is 4. The third kappa shape index (κ3) is 5.76. The summed E-state index contributed by atoms with van der Waals surface area (Å²) in [5, 5.41) is 0. The van der Waals surface area contributed by atoms with Gasteiger partial charge in [-0.3, -0.25) is 4.79 Å². The van der Waals surface area contributed by atoms with Crippen molar-refractivity contribution in [2.45, 2.75) is 6.42 Å². The second kappa shape index (κ2) is 6.76. The highest BCUT2D eigenvalue weighted by atomic mass is 32.2. The molecule has 0 rings (SSSR count). The zero-order valence-corrected chi connectivity index (χ0v) is 5.78. The van der Waals surface area contributed by atoms with Gasteiger partial charge in [-0.2, -0.15) is 11.8 Å². The molecule has 0 unspecified atom stereocenters. The molecule has 0 bridgehead atoms. The predicted molar refractivity (Wildman–Crippen MR) is 38.2 cm³/mol. The van der Waals surface area contributed by atoms with Crippen molar-refractivity contribution in [2.75, 3.05) is 12.0 Å². The fraction of sp³-hybridized carbons (Fsp3) is 0.500. The average molecular weight is 130 g/mol. The lowest BCUT2D eigenvalue weighted by molar-refractivity contribution is -0.104. The van der Waals surface area contributed by atoms with Crippen LogP contribution in [0.15, 0.2) is 12.2 Å². The number of carbonyl (C=O) groups excluding carboxylic acids is 1. The molecule has 0 aliphatic heterocycles. The van der Waals surface area contributed by atoms with Gasteiger partial charge in [0.05, 0.1) is 0 Å². The van der Waals surface area contributed by atoms with E-state index < -0.39 is 0 Å². The molecular weight excluding hydrogens is 120 g/mol. The summed E-state index contributed by atoms with van der Waals surface area (Å²) in [7, 11) is 0. The van der Waals surface area contributed by atoms with Gasteiger partial charge >= 0.3 is 0 Å². The summed E-state index contributed by atoms with van der Waals surface area (Å²) in [6, 6.07) is 0. The molecule has 0 atom stereocenters. The first-order valence-corrected chi connectivity index (χ1v) is 3.90. The van der Waals surface area contributed by atoms with Crippen LogP contribution in [-0.4, -0.2) is 18.3 Å². The monoisotopic (exact) mass is 130 g/mol. The first-order valence-electron chi connectivity index (χ1n) is 2.51. The molecule has 0 aromatic carbocycles. The minimum absolute atomic E-state index is 0.806. The van der Waals surface area contributed by atoms with Crippen molar-refractivity contribution < 1.29 is 4.79 Å². The largest absolute Gasteiger partial charge is 0.299 e. The molecule has 0 N–H and O–H groups in total. The van der Waals surface area contributed by atoms with Crippen LogP contribution in [-0.2, 0) is 4.79 Å². The van der Waals surface area contributed by atoms with Gasteiger partial charge in [0.25, 0.3) is 0 Å². The van der Waals surface area contributed by atoms with E-state index in [1.807, 2.05) is 6.08 Å². The van der Waals surface area contributed by atoms with Crippen molar-refractivity contribution in [2.24, 2.45) is 0 Å². The van der Waals surface area contributed by atoms with Crippen LogP contribution in [0.25, 0.3) is 0 Å². The van der Waals surface area contributed by atoms with Crippen LogP contribution in [0.3, 0.4) is 0 Å². The number of aldehydes is 1. The van der Waals surface area contributed by atoms with Crippen LogP contribution < -0.4 is 0 Å². The zero-order chi connectivity index (χ0) is 6.24. The molecule has 0 amide bonds. The van der Waals surface area contributed by atoms with Crippen LogP contribution >= 0.6 is 11.8 Å². The first-order chi connectivity index (χ1) is 3.91. The minimum Gasteiger partial charge on any atom is -0.299 e. The summed E-state index contributed by atoms with van der Waals surface area (Å²) in [5.41, 5.74) is 0. The Labute approximate surface area is 54.2 Å². The summed E-state index contributed by atoms with van der Waals surface area (Å²) < 4.78 is 0. The van der Waals surface area contributed by atoms with Crippen LogP contribution in [0.2, 0.25) is 0 Å². The molecule has 46 valence electrons. The lowest BCUT2D eigenvalue weighted by atomic mass is 10.4. The van der Waals surface area contributed by atoms with Gasteiger partial charge in [-0.1, -0.05) is 6.08 Å². The van der Waals surface area contributed by atoms with Crippen molar-refractivity contribution in [3.8, 4) is 0 Å². The highest BCUT2D eigenvalue weighted by Crippen LogP contribution is 1.94. The van der Waals surface area contributed by atoms with Crippen molar-refractivity contribution >= 4 is 18.0 Å². The molecule has 2 heteroatoms. The number of allylic oxidation sites excluding steroid dienone is 2. The molecule has 0 aromatic heterocycles. The van der Waals surface area contributed by atoms with Gasteiger partial charge in [0.15, 0.2) is 0 Å². The smallest absolute Gasteiger partial charge is 0.142 e. The maximum absolute atomic E-state index is 9.67. The second-order valence-electron chi connectivity index (χ2n) is 1.35. The van der Waals surface area contributed by atoms with E-state index in [0.29, 0.717) is 0 Å². The molecule has 0 aliphatic rings. The van der Waals surface area contributed by atoms with E-state index in [4.69, 9.17) is 0 Å². The number of hydrogen-bond acceptors (Lipinski definition) is 2. The van der Waals surface area contributed by atoms with E-state index in [0.717, 1.165) is 18.5 Å². The Kier molecular flexibility index (Phi) is 6.56. The van der Waals surface area contributed by atoms with E-state index in [-0.39, 0.29) is 0 Å². The Hall–Kier alpha value is -0.240. The van der Waals surface area contributed by atoms with E-state index in [9.17, 15) is 4.79 Å². The summed E-state index contributed by atoms with van der Waals surface area (Å²) in [6.45, 7) is 0. The summed E-state index contributed by atoms with van der Waals surface area (Å²) in [4.78, 5) is 9.67. The van der Waals surface area contributed by atoms with Crippen LogP contribution in [0.1, 0.15) is 6.42 Å². The van der Waals surface area contributed by atoms with Crippen LogP contribution in [0.5, 0.6) is 0 Å². The third-order valence-electron chi connectivity index (χ3n) is 0.703. The lowest BCUT2D eigenvalue weighted by Crippen LogP contribution is -1.70. The normalized spacial score (nSPS) is 10.1. The lowest BCUT2D eigenvalue weighted by Gasteiger charge is -1.83. The Balaban J connectivity index is 2.91. The summed E-state index contributed by atoms with van der Waals surface area (Å²) >= 11 is 1.78. The molecule has 8 heavy (non-hydrogen) atoms. The number of thioether (sulfide) groups is 1. The quantitative estimate of drug-likeness (QED) is 0.326. The molecule has 0 heterocycles. The van der Waals surface area contributed by atoms with E-state index in [1.54, 1.807) is 11.8 Å². The van der Waals surface area contributed by atoms with Gasteiger partial charge in [0.2, 0.25) is 0 Å². The van der Waals surface area contributed by atoms with Crippen molar-refractivity contribution in [1.29, 1.82) is 0 Å². The van der Waals surface area contributed by atoms with Gasteiger partial charge < -0.3 is 0 Å². The maximum Gasteiger partial charge on any atom is 0.142 e. The SMILES string of the molecule is CSCCC=CC=O. The first kappa shape index (κ1) is 7.76. The third-order valence-corrected chi connectivity index (χ3v) is 1.35. The summed E-state index contributed by atoms with van der Waals surface area (Å²) in [5.74, 6) is 1.10. The van der Waals surface area contributed by atoms with E-state index in [1.165, 1.54) is 6.08 Å². The molecule has 1 nitrogen and oxygen atoms in total. The van der Waals surface area contributed by atoms with Gasteiger partial charge in [0.1, 0.15) is 6.29 Å². The van der Waals surface area contributed by atoms with Gasteiger partial charge in [-0.15, -0.1) is 0 Å². The Morgan fingerprint density at radius 3 is 2.88 bits per heavy atom. The molecule has 0 radical (unpaired) electrons. The standard InChI is InChI=1S/C6H10OS/c1-8-6-4-2-3-5-7/h2-3,5H,4,6H2,1H3. The van der Waals surface area contributed by atoms with E-state index >= 15 is 0 Å². The van der Waals surface area contributed by atoms with Crippen molar-refractivity contribution in [3.63, 3.8) is 0 Å². The Bertz CT molecular complexity index is 78.6. The predicted octanol–water partition coefficient (Wildman–Crippen LogP) is 1.49. The topological polar surface area (TPSA) is 17.1 Å². The van der Waals surface area contributed by atoms with Crippen molar-refractivity contribution in [3.05, 3.63) is 12.2 Å². The zero-order valence-electron chi connectivity index (χ0n) is 4.96. The molecule has 0 saturated carbocycles. The second-order valence-corrected chi connectivity index (χ2v) is 2.33. The fourth-order valence-corrected chi connectivity index (χ4v) is 0.709. The Morgan fingerprint density at radius 2 is 2.38 bits per heavy atom. The Morgan fingerprint density at radius 1 is 1.62 bits per heavy atom. The minimum atomic E-state index is 0.806. The van der Waals surface area contributed by atoms with Gasteiger partial charge in [-0.25, -0.2) is 0 Å². The van der Waals surface area contributed by atoms with Gasteiger partial charge in [0, 0.05) is 0 Å². The molecule has 0 aliphatic carbocycles. The maximum atomic E-state index is 9.67. The highest BCUT2D eigenvalue weighted by Gasteiger charge is 1.74. The van der Waals surface area contributed by atoms with Crippen LogP contribution in [0.4, 0.5) is 0 Å². The molecule has 0 saturated heterocycles. The van der Waals surface area contributed by atoms with Crippen LogP contribution in [0, 0.1) is 0 Å². The molecule has 0 fully saturated rings. The fourth-order valence-electron chi connectivity index (χ4n) is 0.338. The molecular formula is C6H10OS. The van der Waals surface area contributed by atoms with E-state index in [2.05, 4.69) is 6.26 Å². The number of hydrogen-bond donors (Lipinski definition) is 0. The average Bonchev–Trinajstić information content (AvgIpc) is 1.81. The van der Waals surface area contributed by atoms with Gasteiger partial charge in [-0.05, 0) is 24.5 Å². The molecule has 0 spiro atoms.